The molecule has 4 N–H and O–H groups in total. The Morgan fingerprint density at radius 3 is 2.49 bits per heavy atom. The lowest BCUT2D eigenvalue weighted by molar-refractivity contribution is -0.161. The average Bonchev–Trinajstić information content (AvgIpc) is 3.22. The molecule has 3 aromatic rings. The molecule has 0 radical (unpaired) electrons. The molecule has 0 bridgehead atoms. The molecular formula is C30H29ClN4O7S. The molecule has 1 aromatic heterocycles. The quantitative estimate of drug-likeness (QED) is 0.305. The minimum absolute atomic E-state index is 0.00724. The fourth-order valence-electron chi connectivity index (χ4n) is 6.29. The Hall–Kier alpha value is -4.03. The number of pyridine rings is 1. The number of aromatic nitrogens is 1. The molecule has 3 aliphatic heterocycles. The second kappa shape index (κ2) is 10.3. The molecule has 5 atom stereocenters. The highest BCUT2D eigenvalue weighted by molar-refractivity contribution is 8.01. The van der Waals surface area contributed by atoms with Crippen LogP contribution in [-0.4, -0.2) is 65.6 Å². The number of rotatable bonds is 6. The number of nitrogens with one attached hydrogen (secondary N) is 2. The molecule has 43 heavy (non-hydrogen) atoms. The van der Waals surface area contributed by atoms with E-state index < -0.39 is 57.4 Å². The molecule has 13 heteroatoms. The van der Waals surface area contributed by atoms with Gasteiger partial charge in [-0.15, -0.1) is 11.8 Å². The number of nitrogens with zero attached hydrogens (tertiary/aromatic N) is 2. The molecular weight excluding hydrogens is 596 g/mol. The summed E-state index contributed by atoms with van der Waals surface area (Å²) in [7, 11) is 0. The van der Waals surface area contributed by atoms with Crippen molar-refractivity contribution in [3.05, 3.63) is 74.5 Å². The molecule has 3 amide bonds. The van der Waals surface area contributed by atoms with Crippen LogP contribution in [0.4, 0.5) is 0 Å². The van der Waals surface area contributed by atoms with Crippen LogP contribution in [0, 0.1) is 0 Å². The Morgan fingerprint density at radius 1 is 1.12 bits per heavy atom. The molecule has 2 aromatic carbocycles. The lowest BCUT2D eigenvalue weighted by atomic mass is 9.95. The Labute approximate surface area is 255 Å². The number of benzene rings is 2. The number of thioether (sulfide) groups is 1. The monoisotopic (exact) mass is 624 g/mol. The van der Waals surface area contributed by atoms with E-state index in [1.165, 1.54) is 47.1 Å². The van der Waals surface area contributed by atoms with Crippen LogP contribution in [0.3, 0.4) is 0 Å². The van der Waals surface area contributed by atoms with E-state index >= 15 is 0 Å². The number of phenols is 1. The van der Waals surface area contributed by atoms with Gasteiger partial charge in [-0.1, -0.05) is 23.7 Å². The zero-order chi connectivity index (χ0) is 31.0. The minimum Gasteiger partial charge on any atom is -0.508 e. The van der Waals surface area contributed by atoms with Crippen LogP contribution in [0.2, 0.25) is 5.02 Å². The minimum atomic E-state index is -1.33. The predicted octanol–water partition coefficient (Wildman–Crippen LogP) is 2.97. The standard InChI is InChI=1S/C30H29ClN4O7S/c1-13-4-9-16-19(31)11-10-17-22(16)34(13)12-18(23(17)37)25(38)32-20(14-5-7-15(36)8-6-14)26(39)33-21-27(40)35-24(29(41)42)30(2,3)43-28(21)35/h5-8,10-13,20-21,24,28,36H,4,9H2,1-3H3,(H,32,38)(H,33,39)(H,41,42). The molecule has 224 valence electrons. The Morgan fingerprint density at radius 2 is 1.81 bits per heavy atom. The van der Waals surface area contributed by atoms with E-state index in [0.717, 1.165) is 12.0 Å². The van der Waals surface area contributed by atoms with Gasteiger partial charge >= 0.3 is 5.97 Å². The molecule has 6 rings (SSSR count). The maximum Gasteiger partial charge on any atom is 0.327 e. The molecule has 0 spiro atoms. The number of aliphatic carboxylic acids is 1. The van der Waals surface area contributed by atoms with Gasteiger partial charge in [-0.25, -0.2) is 4.79 Å². The first-order valence-electron chi connectivity index (χ1n) is 13.8. The number of aryl methyl sites for hydroxylation is 1. The third kappa shape index (κ3) is 4.63. The molecule has 0 saturated carbocycles. The van der Waals surface area contributed by atoms with Gasteiger partial charge in [0.05, 0.1) is 5.52 Å². The molecule has 0 aliphatic carbocycles. The average molecular weight is 625 g/mol. The summed E-state index contributed by atoms with van der Waals surface area (Å²) < 4.78 is 1.08. The van der Waals surface area contributed by atoms with Crippen LogP contribution in [0.15, 0.2) is 47.4 Å². The van der Waals surface area contributed by atoms with Gasteiger partial charge in [-0.2, -0.15) is 0 Å². The van der Waals surface area contributed by atoms with Crippen molar-refractivity contribution in [2.45, 2.75) is 67.9 Å². The predicted molar refractivity (Wildman–Crippen MR) is 160 cm³/mol. The van der Waals surface area contributed by atoms with Gasteiger partial charge < -0.3 is 30.3 Å². The molecule has 5 unspecified atom stereocenters. The summed E-state index contributed by atoms with van der Waals surface area (Å²) in [4.78, 5) is 67.1. The SMILES string of the molecule is CC1CCc2c(Cl)ccc3c(=O)c(C(=O)NC(C(=O)NC4C(=O)N5C4SC(C)(C)C5C(=O)O)c4ccc(O)cc4)cn1c23. The van der Waals surface area contributed by atoms with Gasteiger partial charge in [-0.3, -0.25) is 19.2 Å². The van der Waals surface area contributed by atoms with E-state index in [4.69, 9.17) is 11.6 Å². The smallest absolute Gasteiger partial charge is 0.327 e. The maximum atomic E-state index is 13.7. The number of amides is 3. The van der Waals surface area contributed by atoms with E-state index in [-0.39, 0.29) is 17.4 Å². The number of carboxylic acids is 1. The van der Waals surface area contributed by atoms with Crippen molar-refractivity contribution >= 4 is 58.0 Å². The number of hydrogen-bond donors (Lipinski definition) is 4. The number of aromatic hydroxyl groups is 1. The summed E-state index contributed by atoms with van der Waals surface area (Å²) in [5.41, 5.74) is 1.18. The van der Waals surface area contributed by atoms with Crippen molar-refractivity contribution < 1.29 is 29.4 Å². The topological polar surface area (TPSA) is 158 Å². The second-order valence-corrected chi connectivity index (χ2v) is 13.8. The van der Waals surface area contributed by atoms with Crippen LogP contribution < -0.4 is 16.1 Å². The zero-order valence-corrected chi connectivity index (χ0v) is 25.0. The number of β-lactam (4-membered cyclic amide) rings is 1. The number of phenolic OH excluding ortho intramolecular Hbond substituents is 1. The Bertz CT molecular complexity index is 1770. The maximum absolute atomic E-state index is 13.7. The fourth-order valence-corrected chi connectivity index (χ4v) is 8.17. The summed E-state index contributed by atoms with van der Waals surface area (Å²) in [6.07, 6.45) is 2.96. The van der Waals surface area contributed by atoms with Gasteiger partial charge in [0.25, 0.3) is 5.91 Å². The summed E-state index contributed by atoms with van der Waals surface area (Å²) in [6.45, 7) is 5.44. The van der Waals surface area contributed by atoms with Crippen LogP contribution in [0.1, 0.15) is 60.8 Å². The number of fused-ring (bicyclic) bond motifs is 1. The van der Waals surface area contributed by atoms with Crippen molar-refractivity contribution in [3.8, 4) is 5.75 Å². The van der Waals surface area contributed by atoms with E-state index in [2.05, 4.69) is 10.6 Å². The fraction of sp³-hybridized carbons (Fsp3) is 0.367. The van der Waals surface area contributed by atoms with Crippen LogP contribution in [-0.2, 0) is 20.8 Å². The Kier molecular flexibility index (Phi) is 6.96. The summed E-state index contributed by atoms with van der Waals surface area (Å²) >= 11 is 7.70. The van der Waals surface area contributed by atoms with Crippen molar-refractivity contribution in [3.63, 3.8) is 0 Å². The van der Waals surface area contributed by atoms with Gasteiger partial charge in [0.1, 0.15) is 34.8 Å². The van der Waals surface area contributed by atoms with E-state index in [1.54, 1.807) is 26.0 Å². The van der Waals surface area contributed by atoms with Crippen LogP contribution in [0.5, 0.6) is 5.75 Å². The number of halogens is 1. The van der Waals surface area contributed by atoms with Gasteiger partial charge in [0.2, 0.25) is 17.2 Å². The molecule has 4 heterocycles. The highest BCUT2D eigenvalue weighted by Crippen LogP contribution is 2.50. The first-order valence-corrected chi connectivity index (χ1v) is 15.0. The molecule has 3 aliphatic rings. The molecule has 2 saturated heterocycles. The van der Waals surface area contributed by atoms with Crippen molar-refractivity contribution in [2.75, 3.05) is 0 Å². The lowest BCUT2D eigenvalue weighted by Gasteiger charge is -2.44. The van der Waals surface area contributed by atoms with Gasteiger partial charge in [0, 0.05) is 27.4 Å². The van der Waals surface area contributed by atoms with E-state index in [9.17, 15) is 34.2 Å². The highest BCUT2D eigenvalue weighted by Gasteiger charge is 2.64. The zero-order valence-electron chi connectivity index (χ0n) is 23.5. The molecule has 2 fully saturated rings. The summed E-state index contributed by atoms with van der Waals surface area (Å²) in [5, 5.41) is 25.2. The number of carboxylic acid groups (broad SMARTS) is 1. The number of hydrogen-bond acceptors (Lipinski definition) is 7. The highest BCUT2D eigenvalue weighted by atomic mass is 35.5. The summed E-state index contributed by atoms with van der Waals surface area (Å²) in [6, 6.07) is 5.47. The second-order valence-electron chi connectivity index (χ2n) is 11.7. The number of carbonyl (C=O) groups is 4. The van der Waals surface area contributed by atoms with Crippen LogP contribution >= 0.6 is 23.4 Å². The number of carbonyl (C=O) groups excluding carboxylic acids is 3. The van der Waals surface area contributed by atoms with Crippen molar-refractivity contribution in [1.82, 2.24) is 20.1 Å². The van der Waals surface area contributed by atoms with Crippen molar-refractivity contribution in [1.29, 1.82) is 0 Å². The largest absolute Gasteiger partial charge is 0.508 e. The third-order valence-electron chi connectivity index (χ3n) is 8.51. The first kappa shape index (κ1) is 29.1. The van der Waals surface area contributed by atoms with Gasteiger partial charge in [-0.05, 0) is 69.0 Å². The van der Waals surface area contributed by atoms with Crippen LogP contribution in [0.25, 0.3) is 10.9 Å². The Balaban J connectivity index is 1.32. The third-order valence-corrected chi connectivity index (χ3v) is 10.4. The normalized spacial score (nSPS) is 24.2. The summed E-state index contributed by atoms with van der Waals surface area (Å²) in [5.74, 6) is -3.23. The van der Waals surface area contributed by atoms with E-state index in [1.807, 2.05) is 11.5 Å². The first-order chi connectivity index (χ1) is 20.3. The lowest BCUT2D eigenvalue weighted by Crippen LogP contribution is -2.71. The van der Waals surface area contributed by atoms with E-state index in [0.29, 0.717) is 27.9 Å². The van der Waals surface area contributed by atoms with Gasteiger partial charge in [0.15, 0.2) is 0 Å². The molecule has 11 nitrogen and oxygen atoms in total. The van der Waals surface area contributed by atoms with Crippen molar-refractivity contribution in [2.24, 2.45) is 0 Å².